The molecular weight excluding hydrogens is 389 g/mol. The number of hydrogen-bond donors (Lipinski definition) is 1. The van der Waals surface area contributed by atoms with Crippen molar-refractivity contribution in [2.75, 3.05) is 33.3 Å². The molecule has 2 rings (SSSR count). The summed E-state index contributed by atoms with van der Waals surface area (Å²) in [7, 11) is 1.85. The molecule has 1 aromatic rings. The van der Waals surface area contributed by atoms with Crippen molar-refractivity contribution in [1.82, 2.24) is 10.2 Å². The summed E-state index contributed by atoms with van der Waals surface area (Å²) in [5, 5.41) is 3.39. The Labute approximate surface area is 151 Å². The molecule has 1 N–H and O–H groups in total. The number of ether oxygens (including phenoxy) is 1. The molecule has 0 bridgehead atoms. The summed E-state index contributed by atoms with van der Waals surface area (Å²) in [6, 6.07) is 8.14. The van der Waals surface area contributed by atoms with Crippen LogP contribution in [0.4, 0.5) is 0 Å². The van der Waals surface area contributed by atoms with Gasteiger partial charge in [0, 0.05) is 20.1 Å². The van der Waals surface area contributed by atoms with Crippen molar-refractivity contribution in [3.63, 3.8) is 0 Å². The highest BCUT2D eigenvalue weighted by Crippen LogP contribution is 2.16. The Bertz CT molecular complexity index is 471. The molecule has 0 amide bonds. The van der Waals surface area contributed by atoms with Gasteiger partial charge in [0.25, 0.3) is 0 Å². The molecule has 1 aliphatic heterocycles. The van der Waals surface area contributed by atoms with Crippen LogP contribution in [0.3, 0.4) is 0 Å². The predicted molar refractivity (Wildman–Crippen MR) is 103 cm³/mol. The van der Waals surface area contributed by atoms with Crippen molar-refractivity contribution in [2.45, 2.75) is 26.7 Å². The third kappa shape index (κ3) is 6.02. The molecular formula is C17H28IN3O. The number of benzene rings is 1. The van der Waals surface area contributed by atoms with Crippen LogP contribution in [0.1, 0.15) is 25.3 Å². The Morgan fingerprint density at radius 1 is 1.36 bits per heavy atom. The quantitative estimate of drug-likeness (QED) is 0.354. The molecule has 1 aliphatic rings. The van der Waals surface area contributed by atoms with Gasteiger partial charge >= 0.3 is 0 Å². The SMILES string of the molecule is CN=C(NCCOc1cccc(C)c1)N1CCC(C)CC1.I. The van der Waals surface area contributed by atoms with Crippen LogP contribution in [0.15, 0.2) is 29.3 Å². The zero-order valence-electron chi connectivity index (χ0n) is 13.8. The lowest BCUT2D eigenvalue weighted by atomic mass is 10.00. The summed E-state index contributed by atoms with van der Waals surface area (Å²) >= 11 is 0. The Kier molecular flexibility index (Phi) is 8.60. The fourth-order valence-electron chi connectivity index (χ4n) is 2.59. The average Bonchev–Trinajstić information content (AvgIpc) is 2.49. The summed E-state index contributed by atoms with van der Waals surface area (Å²) in [6.45, 7) is 8.01. The van der Waals surface area contributed by atoms with Crippen LogP contribution in [0.5, 0.6) is 5.75 Å². The topological polar surface area (TPSA) is 36.9 Å². The van der Waals surface area contributed by atoms with Crippen LogP contribution >= 0.6 is 24.0 Å². The molecule has 0 spiro atoms. The van der Waals surface area contributed by atoms with Gasteiger partial charge in [-0.2, -0.15) is 0 Å². The molecule has 22 heavy (non-hydrogen) atoms. The third-order valence-electron chi connectivity index (χ3n) is 3.94. The molecule has 0 saturated carbocycles. The molecule has 4 nitrogen and oxygen atoms in total. The van der Waals surface area contributed by atoms with E-state index in [0.717, 1.165) is 37.3 Å². The molecule has 1 heterocycles. The van der Waals surface area contributed by atoms with E-state index in [9.17, 15) is 0 Å². The first kappa shape index (κ1) is 19.1. The first-order valence-corrected chi connectivity index (χ1v) is 7.84. The number of hydrogen-bond acceptors (Lipinski definition) is 2. The number of halogens is 1. The highest BCUT2D eigenvalue weighted by Gasteiger charge is 2.18. The second-order valence-electron chi connectivity index (χ2n) is 5.81. The van der Waals surface area contributed by atoms with E-state index in [4.69, 9.17) is 4.74 Å². The van der Waals surface area contributed by atoms with Gasteiger partial charge < -0.3 is 15.0 Å². The lowest BCUT2D eigenvalue weighted by Crippen LogP contribution is -2.46. The molecule has 0 unspecified atom stereocenters. The largest absolute Gasteiger partial charge is 0.492 e. The van der Waals surface area contributed by atoms with Gasteiger partial charge in [0.1, 0.15) is 12.4 Å². The average molecular weight is 417 g/mol. The molecule has 5 heteroatoms. The number of guanidine groups is 1. The zero-order chi connectivity index (χ0) is 15.1. The summed E-state index contributed by atoms with van der Waals surface area (Å²) in [6.07, 6.45) is 2.50. The second-order valence-corrected chi connectivity index (χ2v) is 5.81. The maximum atomic E-state index is 5.75. The lowest BCUT2D eigenvalue weighted by molar-refractivity contribution is 0.269. The number of aliphatic imine (C=N–C) groups is 1. The smallest absolute Gasteiger partial charge is 0.193 e. The van der Waals surface area contributed by atoms with Gasteiger partial charge in [-0.15, -0.1) is 24.0 Å². The summed E-state index contributed by atoms with van der Waals surface area (Å²) < 4.78 is 5.75. The fourth-order valence-corrected chi connectivity index (χ4v) is 2.59. The van der Waals surface area contributed by atoms with Crippen molar-refractivity contribution >= 4 is 29.9 Å². The molecule has 124 valence electrons. The number of aryl methyl sites for hydroxylation is 1. The van der Waals surface area contributed by atoms with Gasteiger partial charge in [0.05, 0.1) is 6.54 Å². The number of likely N-dealkylation sites (tertiary alicyclic amines) is 1. The predicted octanol–water partition coefficient (Wildman–Crippen LogP) is 3.30. The normalized spacial score (nSPS) is 16.1. The standard InChI is InChI=1S/C17H27N3O.HI/c1-14-7-10-20(11-8-14)17(18-3)19-9-12-21-16-6-4-5-15(2)13-16;/h4-6,13-14H,7-12H2,1-3H3,(H,18,19);1H. The van der Waals surface area contributed by atoms with Crippen LogP contribution < -0.4 is 10.1 Å². The highest BCUT2D eigenvalue weighted by atomic mass is 127. The number of rotatable bonds is 4. The first-order valence-electron chi connectivity index (χ1n) is 7.84. The monoisotopic (exact) mass is 417 g/mol. The Hall–Kier alpha value is -0.980. The molecule has 0 aliphatic carbocycles. The molecule has 0 radical (unpaired) electrons. The minimum atomic E-state index is 0. The maximum absolute atomic E-state index is 5.75. The van der Waals surface area contributed by atoms with Gasteiger partial charge in [-0.1, -0.05) is 19.1 Å². The second kappa shape index (κ2) is 9.92. The first-order chi connectivity index (χ1) is 10.2. The maximum Gasteiger partial charge on any atom is 0.193 e. The van der Waals surface area contributed by atoms with E-state index >= 15 is 0 Å². The molecule has 1 aromatic carbocycles. The van der Waals surface area contributed by atoms with E-state index < -0.39 is 0 Å². The summed E-state index contributed by atoms with van der Waals surface area (Å²) in [5.41, 5.74) is 1.22. The van der Waals surface area contributed by atoms with E-state index in [2.05, 4.69) is 41.2 Å². The van der Waals surface area contributed by atoms with Crippen molar-refractivity contribution in [3.05, 3.63) is 29.8 Å². The highest BCUT2D eigenvalue weighted by molar-refractivity contribution is 14.0. The van der Waals surface area contributed by atoms with E-state index in [-0.39, 0.29) is 24.0 Å². The fraction of sp³-hybridized carbons (Fsp3) is 0.588. The Morgan fingerprint density at radius 3 is 2.73 bits per heavy atom. The van der Waals surface area contributed by atoms with Crippen molar-refractivity contribution < 1.29 is 4.74 Å². The van der Waals surface area contributed by atoms with E-state index in [1.165, 1.54) is 18.4 Å². The number of piperidine rings is 1. The summed E-state index contributed by atoms with van der Waals surface area (Å²) in [4.78, 5) is 6.71. The molecule has 0 atom stereocenters. The van der Waals surface area contributed by atoms with E-state index in [1.807, 2.05) is 19.2 Å². The number of nitrogens with one attached hydrogen (secondary N) is 1. The van der Waals surface area contributed by atoms with Crippen LogP contribution in [-0.4, -0.2) is 44.1 Å². The van der Waals surface area contributed by atoms with Gasteiger partial charge in [0.2, 0.25) is 0 Å². The third-order valence-corrected chi connectivity index (χ3v) is 3.94. The molecule has 1 saturated heterocycles. The van der Waals surface area contributed by atoms with E-state index in [1.54, 1.807) is 0 Å². The van der Waals surface area contributed by atoms with Crippen molar-refractivity contribution in [3.8, 4) is 5.75 Å². The van der Waals surface area contributed by atoms with Gasteiger partial charge in [-0.25, -0.2) is 0 Å². The zero-order valence-corrected chi connectivity index (χ0v) is 16.2. The summed E-state index contributed by atoms with van der Waals surface area (Å²) in [5.74, 6) is 2.76. The molecule has 0 aromatic heterocycles. The van der Waals surface area contributed by atoms with Gasteiger partial charge in [0.15, 0.2) is 5.96 Å². The minimum absolute atomic E-state index is 0. The van der Waals surface area contributed by atoms with Gasteiger partial charge in [-0.3, -0.25) is 4.99 Å². The minimum Gasteiger partial charge on any atom is -0.492 e. The number of nitrogens with zero attached hydrogens (tertiary/aromatic N) is 2. The lowest BCUT2D eigenvalue weighted by Gasteiger charge is -2.32. The Morgan fingerprint density at radius 2 is 2.09 bits per heavy atom. The van der Waals surface area contributed by atoms with Crippen LogP contribution in [0.25, 0.3) is 0 Å². The van der Waals surface area contributed by atoms with E-state index in [0.29, 0.717) is 6.61 Å². The Balaban J connectivity index is 0.00000242. The van der Waals surface area contributed by atoms with Crippen LogP contribution in [-0.2, 0) is 0 Å². The van der Waals surface area contributed by atoms with Crippen LogP contribution in [0.2, 0.25) is 0 Å². The van der Waals surface area contributed by atoms with Crippen molar-refractivity contribution in [1.29, 1.82) is 0 Å². The van der Waals surface area contributed by atoms with Crippen LogP contribution in [0, 0.1) is 12.8 Å². The van der Waals surface area contributed by atoms with Gasteiger partial charge in [-0.05, 0) is 43.4 Å². The molecule has 1 fully saturated rings. The van der Waals surface area contributed by atoms with Crippen molar-refractivity contribution in [2.24, 2.45) is 10.9 Å².